The topological polar surface area (TPSA) is 59.5 Å². The Morgan fingerprint density at radius 1 is 1.25 bits per heavy atom. The molecule has 2 rings (SSSR count). The molecule has 0 atom stereocenters. The maximum Gasteiger partial charge on any atom is 0.307 e. The van der Waals surface area contributed by atoms with Crippen LogP contribution in [0.25, 0.3) is 10.9 Å². The van der Waals surface area contributed by atoms with E-state index in [4.69, 9.17) is 0 Å². The first-order valence-corrected chi connectivity index (χ1v) is 6.29. The van der Waals surface area contributed by atoms with Crippen LogP contribution < -0.4 is 0 Å². The summed E-state index contributed by atoms with van der Waals surface area (Å²) in [7, 11) is 3.00. The van der Waals surface area contributed by atoms with Gasteiger partial charge in [0.15, 0.2) is 0 Å². The molecule has 0 bridgehead atoms. The van der Waals surface area contributed by atoms with Gasteiger partial charge in [-0.25, -0.2) is 0 Å². The Bertz CT molecular complexity index is 635. The van der Waals surface area contributed by atoms with E-state index in [1.54, 1.807) is 19.3 Å². The standard InChI is InChI=1S/C15H16N2O3/c1-17(10-8-14(18)20-2)15(19)12-7-9-16-13-6-4-3-5-11(12)13/h3-7,9H,8,10H2,1-2H3. The van der Waals surface area contributed by atoms with Crippen LogP contribution >= 0.6 is 0 Å². The van der Waals surface area contributed by atoms with Crippen molar-refractivity contribution in [3.63, 3.8) is 0 Å². The van der Waals surface area contributed by atoms with Gasteiger partial charge in [-0.3, -0.25) is 14.6 Å². The van der Waals surface area contributed by atoms with E-state index in [-0.39, 0.29) is 18.3 Å². The molecule has 1 amide bonds. The molecule has 0 unspecified atom stereocenters. The number of hydrogen-bond acceptors (Lipinski definition) is 4. The first-order chi connectivity index (χ1) is 9.63. The number of carbonyl (C=O) groups excluding carboxylic acids is 2. The number of methoxy groups -OCH3 is 1. The fourth-order valence-corrected chi connectivity index (χ4v) is 1.95. The van der Waals surface area contributed by atoms with Crippen molar-refractivity contribution in [2.75, 3.05) is 20.7 Å². The lowest BCUT2D eigenvalue weighted by Crippen LogP contribution is -2.29. The molecule has 0 spiro atoms. The van der Waals surface area contributed by atoms with Crippen molar-refractivity contribution in [3.05, 3.63) is 42.1 Å². The van der Waals surface area contributed by atoms with Crippen LogP contribution in [0.4, 0.5) is 0 Å². The average Bonchev–Trinajstić information content (AvgIpc) is 2.50. The molecule has 0 N–H and O–H groups in total. The number of hydrogen-bond donors (Lipinski definition) is 0. The van der Waals surface area contributed by atoms with Crippen molar-refractivity contribution in [1.29, 1.82) is 0 Å². The molecule has 20 heavy (non-hydrogen) atoms. The third-order valence-electron chi connectivity index (χ3n) is 3.11. The number of aromatic nitrogens is 1. The highest BCUT2D eigenvalue weighted by molar-refractivity contribution is 6.05. The lowest BCUT2D eigenvalue weighted by atomic mass is 10.1. The number of amides is 1. The summed E-state index contributed by atoms with van der Waals surface area (Å²) in [5.74, 6) is -0.461. The maximum absolute atomic E-state index is 12.4. The molecule has 0 saturated heterocycles. The summed E-state index contributed by atoms with van der Waals surface area (Å²) in [5, 5.41) is 0.810. The van der Waals surface area contributed by atoms with Gasteiger partial charge in [-0.1, -0.05) is 18.2 Å². The van der Waals surface area contributed by atoms with Crippen LogP contribution in [0.1, 0.15) is 16.8 Å². The van der Waals surface area contributed by atoms with Crippen molar-refractivity contribution in [2.24, 2.45) is 0 Å². The maximum atomic E-state index is 12.4. The van der Waals surface area contributed by atoms with Crippen molar-refractivity contribution in [2.45, 2.75) is 6.42 Å². The number of benzene rings is 1. The monoisotopic (exact) mass is 272 g/mol. The summed E-state index contributed by atoms with van der Waals surface area (Å²) < 4.78 is 4.57. The molecule has 104 valence electrons. The highest BCUT2D eigenvalue weighted by Gasteiger charge is 2.15. The van der Waals surface area contributed by atoms with E-state index in [2.05, 4.69) is 9.72 Å². The summed E-state index contributed by atoms with van der Waals surface area (Å²) in [4.78, 5) is 29.3. The first kappa shape index (κ1) is 14.0. The van der Waals surface area contributed by atoms with E-state index < -0.39 is 0 Å². The molecule has 0 aliphatic rings. The van der Waals surface area contributed by atoms with E-state index in [1.165, 1.54) is 12.0 Å². The molecule has 0 saturated carbocycles. The number of nitrogens with zero attached hydrogens (tertiary/aromatic N) is 2. The largest absolute Gasteiger partial charge is 0.469 e. The third-order valence-corrected chi connectivity index (χ3v) is 3.11. The second-order valence-electron chi connectivity index (χ2n) is 4.43. The van der Waals surface area contributed by atoms with E-state index >= 15 is 0 Å². The molecule has 1 aromatic heterocycles. The lowest BCUT2D eigenvalue weighted by molar-refractivity contribution is -0.140. The first-order valence-electron chi connectivity index (χ1n) is 6.29. The third kappa shape index (κ3) is 2.93. The average molecular weight is 272 g/mol. The van der Waals surface area contributed by atoms with Crippen molar-refractivity contribution in [3.8, 4) is 0 Å². The number of para-hydroxylation sites is 1. The minimum absolute atomic E-state index is 0.132. The fourth-order valence-electron chi connectivity index (χ4n) is 1.95. The summed E-state index contributed by atoms with van der Waals surface area (Å²) in [5.41, 5.74) is 1.36. The highest BCUT2D eigenvalue weighted by Crippen LogP contribution is 2.17. The van der Waals surface area contributed by atoms with Gasteiger partial charge in [0.2, 0.25) is 0 Å². The Labute approximate surface area is 117 Å². The predicted octanol–water partition coefficient (Wildman–Crippen LogP) is 1.87. The molecular formula is C15H16N2O3. The van der Waals surface area contributed by atoms with Gasteiger partial charge in [0.25, 0.3) is 5.91 Å². The Hall–Kier alpha value is -2.43. The van der Waals surface area contributed by atoms with Crippen LogP contribution in [0.15, 0.2) is 36.5 Å². The smallest absolute Gasteiger partial charge is 0.307 e. The normalized spacial score (nSPS) is 10.3. The number of rotatable bonds is 4. The molecule has 1 aromatic carbocycles. The van der Waals surface area contributed by atoms with E-state index in [0.29, 0.717) is 12.1 Å². The Morgan fingerprint density at radius 3 is 2.75 bits per heavy atom. The second kappa shape index (κ2) is 6.14. The van der Waals surface area contributed by atoms with Crippen LogP contribution in [-0.2, 0) is 9.53 Å². The summed E-state index contributed by atoms with van der Waals surface area (Å²) in [6, 6.07) is 9.17. The van der Waals surface area contributed by atoms with Gasteiger partial charge in [0.05, 0.1) is 24.6 Å². The van der Waals surface area contributed by atoms with Gasteiger partial charge in [-0.15, -0.1) is 0 Å². The zero-order chi connectivity index (χ0) is 14.5. The molecule has 0 aliphatic heterocycles. The van der Waals surface area contributed by atoms with Crippen LogP contribution in [0.2, 0.25) is 0 Å². The van der Waals surface area contributed by atoms with E-state index in [0.717, 1.165) is 10.9 Å². The number of carbonyl (C=O) groups is 2. The molecule has 0 aliphatic carbocycles. The zero-order valence-corrected chi connectivity index (χ0v) is 11.5. The van der Waals surface area contributed by atoms with Gasteiger partial charge < -0.3 is 9.64 Å². The summed E-state index contributed by atoms with van der Waals surface area (Å²) in [6.45, 7) is 0.322. The second-order valence-corrected chi connectivity index (χ2v) is 4.43. The highest BCUT2D eigenvalue weighted by atomic mass is 16.5. The molecular weight excluding hydrogens is 256 g/mol. The Morgan fingerprint density at radius 2 is 2.00 bits per heavy atom. The minimum Gasteiger partial charge on any atom is -0.469 e. The minimum atomic E-state index is -0.329. The quantitative estimate of drug-likeness (QED) is 0.797. The predicted molar refractivity (Wildman–Crippen MR) is 75.3 cm³/mol. The zero-order valence-electron chi connectivity index (χ0n) is 11.5. The summed E-state index contributed by atoms with van der Waals surface area (Å²) >= 11 is 0. The molecule has 2 aromatic rings. The lowest BCUT2D eigenvalue weighted by Gasteiger charge is -2.17. The number of ether oxygens (including phenoxy) is 1. The number of pyridine rings is 1. The van der Waals surface area contributed by atoms with Gasteiger partial charge in [0.1, 0.15) is 0 Å². The van der Waals surface area contributed by atoms with E-state index in [9.17, 15) is 9.59 Å². The van der Waals surface area contributed by atoms with E-state index in [1.807, 2.05) is 24.3 Å². The Balaban J connectivity index is 2.21. The van der Waals surface area contributed by atoms with Gasteiger partial charge in [-0.2, -0.15) is 0 Å². The molecule has 5 nitrogen and oxygen atoms in total. The van der Waals surface area contributed by atoms with Crippen LogP contribution in [0, 0.1) is 0 Å². The van der Waals surface area contributed by atoms with Crippen molar-refractivity contribution in [1.82, 2.24) is 9.88 Å². The molecule has 5 heteroatoms. The van der Waals surface area contributed by atoms with Crippen LogP contribution in [0.5, 0.6) is 0 Å². The molecule has 0 radical (unpaired) electrons. The Kier molecular flexibility index (Phi) is 4.30. The van der Waals surface area contributed by atoms with Crippen molar-refractivity contribution >= 4 is 22.8 Å². The van der Waals surface area contributed by atoms with Gasteiger partial charge in [0, 0.05) is 25.2 Å². The fraction of sp³-hybridized carbons (Fsp3) is 0.267. The van der Waals surface area contributed by atoms with Crippen molar-refractivity contribution < 1.29 is 14.3 Å². The molecule has 0 fully saturated rings. The number of esters is 1. The van der Waals surface area contributed by atoms with Gasteiger partial charge >= 0.3 is 5.97 Å². The SMILES string of the molecule is COC(=O)CCN(C)C(=O)c1ccnc2ccccc12. The molecule has 1 heterocycles. The van der Waals surface area contributed by atoms with Crippen LogP contribution in [0.3, 0.4) is 0 Å². The van der Waals surface area contributed by atoms with Gasteiger partial charge in [-0.05, 0) is 12.1 Å². The summed E-state index contributed by atoms with van der Waals surface area (Å²) in [6.07, 6.45) is 1.80. The number of fused-ring (bicyclic) bond motifs is 1. The van der Waals surface area contributed by atoms with Crippen LogP contribution in [-0.4, -0.2) is 42.5 Å².